The van der Waals surface area contributed by atoms with Crippen LogP contribution in [0.2, 0.25) is 0 Å². The van der Waals surface area contributed by atoms with Crippen molar-refractivity contribution in [1.29, 1.82) is 0 Å². The molecular weight excluding hydrogens is 188 g/mol. The number of ether oxygens (including phenoxy) is 1. The Hall–Kier alpha value is -1.46. The lowest BCUT2D eigenvalue weighted by Crippen LogP contribution is -2.36. The minimum atomic E-state index is -1.80. The summed E-state index contributed by atoms with van der Waals surface area (Å²) in [5.41, 5.74) is 0. The van der Waals surface area contributed by atoms with Gasteiger partial charge in [0.2, 0.25) is 5.79 Å². The molecule has 0 amide bonds. The summed E-state index contributed by atoms with van der Waals surface area (Å²) in [7, 11) is 0. The van der Waals surface area contributed by atoms with Crippen molar-refractivity contribution in [2.45, 2.75) is 18.8 Å². The number of hydrogen-bond acceptors (Lipinski definition) is 4. The fourth-order valence-corrected chi connectivity index (χ4v) is 0.926. The van der Waals surface area contributed by atoms with Gasteiger partial charge in [-0.1, -0.05) is 0 Å². The van der Waals surface area contributed by atoms with Crippen LogP contribution < -0.4 is 0 Å². The summed E-state index contributed by atoms with van der Waals surface area (Å²) >= 11 is 0. The van der Waals surface area contributed by atoms with Crippen LogP contribution in [0.3, 0.4) is 0 Å². The molecule has 1 aliphatic carbocycles. The molecule has 0 fully saturated rings. The normalized spacial score (nSPS) is 20.9. The average molecular weight is 198 g/mol. The lowest BCUT2D eigenvalue weighted by Gasteiger charge is -2.24. The highest BCUT2D eigenvalue weighted by atomic mass is 16.6. The average Bonchev–Trinajstić information content (AvgIpc) is 2.10. The highest BCUT2D eigenvalue weighted by Crippen LogP contribution is 2.17. The van der Waals surface area contributed by atoms with Crippen molar-refractivity contribution in [3.05, 3.63) is 24.3 Å². The van der Waals surface area contributed by atoms with Crippen molar-refractivity contribution in [2.24, 2.45) is 0 Å². The molecule has 14 heavy (non-hydrogen) atoms. The number of carbonyl (C=O) groups is 2. The lowest BCUT2D eigenvalue weighted by molar-refractivity contribution is -0.185. The first kappa shape index (κ1) is 10.6. The fraction of sp³-hybridized carbons (Fsp3) is 0.333. The molecule has 0 heterocycles. The number of carboxylic acids is 1. The number of aliphatic carboxylic acids is 1. The van der Waals surface area contributed by atoms with Crippen molar-refractivity contribution in [3.8, 4) is 0 Å². The van der Waals surface area contributed by atoms with Gasteiger partial charge in [-0.25, -0.2) is 4.79 Å². The Morgan fingerprint density at radius 2 is 2.00 bits per heavy atom. The van der Waals surface area contributed by atoms with Gasteiger partial charge in [-0.2, -0.15) is 0 Å². The number of rotatable bonds is 3. The van der Waals surface area contributed by atoms with Crippen LogP contribution in [0.1, 0.15) is 6.92 Å². The number of allylic oxidation sites excluding steroid dienone is 2. The predicted octanol–water partition coefficient (Wildman–Crippen LogP) is -0.140. The number of carbonyl (C=O) groups excluding carboxylic acids is 1. The molecule has 0 unspecified atom stereocenters. The summed E-state index contributed by atoms with van der Waals surface area (Å²) in [6.45, 7) is 1.29. The van der Waals surface area contributed by atoms with E-state index in [0.717, 1.165) is 24.3 Å². The summed E-state index contributed by atoms with van der Waals surface area (Å²) in [5.74, 6) is -3.26. The number of aliphatic hydroxyl groups is 1. The van der Waals surface area contributed by atoms with Crippen LogP contribution in [0.5, 0.6) is 0 Å². The Morgan fingerprint density at radius 3 is 2.43 bits per heavy atom. The predicted molar refractivity (Wildman–Crippen MR) is 46.4 cm³/mol. The van der Waals surface area contributed by atoms with E-state index in [1.54, 1.807) is 0 Å². The third-order valence-electron chi connectivity index (χ3n) is 1.69. The largest absolute Gasteiger partial charge is 0.479 e. The molecule has 76 valence electrons. The molecular formula is C9H10O5. The minimum Gasteiger partial charge on any atom is -0.479 e. The molecule has 5 nitrogen and oxygen atoms in total. The summed E-state index contributed by atoms with van der Waals surface area (Å²) in [4.78, 5) is 21.1. The van der Waals surface area contributed by atoms with Crippen molar-refractivity contribution in [1.82, 2.24) is 0 Å². The van der Waals surface area contributed by atoms with Crippen LogP contribution in [0.25, 0.3) is 0 Å². The standard InChI is InChI=1S/C9H10O5/c1-6(8(11)12)14-9(13)4-2-7(10)3-5-9/h2-6,13H,1H3,(H,11,12)/t6-/m1/s1. The monoisotopic (exact) mass is 198 g/mol. The van der Waals surface area contributed by atoms with Crippen molar-refractivity contribution >= 4 is 11.8 Å². The molecule has 0 spiro atoms. The minimum absolute atomic E-state index is 0.277. The number of carboxylic acid groups (broad SMARTS) is 1. The van der Waals surface area contributed by atoms with Crippen LogP contribution in [0, 0.1) is 0 Å². The van der Waals surface area contributed by atoms with Gasteiger partial charge in [0.1, 0.15) is 0 Å². The molecule has 2 N–H and O–H groups in total. The molecule has 1 atom stereocenters. The number of ketones is 1. The Bertz CT molecular complexity index is 299. The van der Waals surface area contributed by atoms with E-state index >= 15 is 0 Å². The molecule has 0 radical (unpaired) electrons. The van der Waals surface area contributed by atoms with Gasteiger partial charge in [0.25, 0.3) is 0 Å². The van der Waals surface area contributed by atoms with Crippen LogP contribution >= 0.6 is 0 Å². The summed E-state index contributed by atoms with van der Waals surface area (Å²) in [5, 5.41) is 18.1. The lowest BCUT2D eigenvalue weighted by atomic mass is 10.1. The fourth-order valence-electron chi connectivity index (χ4n) is 0.926. The molecule has 1 rings (SSSR count). The first-order valence-corrected chi connectivity index (χ1v) is 3.98. The van der Waals surface area contributed by atoms with Crippen LogP contribution in [-0.4, -0.2) is 33.9 Å². The maximum Gasteiger partial charge on any atom is 0.332 e. The Balaban J connectivity index is 2.69. The molecule has 0 aromatic carbocycles. The molecule has 5 heteroatoms. The van der Waals surface area contributed by atoms with Gasteiger partial charge in [-0.3, -0.25) is 4.79 Å². The van der Waals surface area contributed by atoms with Gasteiger partial charge in [0, 0.05) is 0 Å². The van der Waals surface area contributed by atoms with E-state index < -0.39 is 17.9 Å². The highest BCUT2D eigenvalue weighted by molar-refractivity contribution is 6.00. The second-order valence-electron chi connectivity index (χ2n) is 2.92. The second-order valence-corrected chi connectivity index (χ2v) is 2.92. The van der Waals surface area contributed by atoms with Crippen LogP contribution in [0.4, 0.5) is 0 Å². The highest BCUT2D eigenvalue weighted by Gasteiger charge is 2.29. The van der Waals surface area contributed by atoms with Gasteiger partial charge in [-0.15, -0.1) is 0 Å². The molecule has 0 saturated heterocycles. The number of hydrogen-bond donors (Lipinski definition) is 2. The summed E-state index contributed by atoms with van der Waals surface area (Å²) in [6.07, 6.45) is 3.30. The SMILES string of the molecule is C[C@@H](OC1(O)C=CC(=O)C=C1)C(=O)O. The van der Waals surface area contributed by atoms with Gasteiger partial charge in [0.05, 0.1) is 0 Å². The van der Waals surface area contributed by atoms with Gasteiger partial charge in [0.15, 0.2) is 11.9 Å². The maximum absolute atomic E-state index is 10.7. The van der Waals surface area contributed by atoms with E-state index in [4.69, 9.17) is 9.84 Å². The van der Waals surface area contributed by atoms with Crippen molar-refractivity contribution in [3.63, 3.8) is 0 Å². The van der Waals surface area contributed by atoms with E-state index in [-0.39, 0.29) is 5.78 Å². The molecule has 0 aromatic heterocycles. The van der Waals surface area contributed by atoms with Gasteiger partial charge < -0.3 is 14.9 Å². The second kappa shape index (κ2) is 3.73. The summed E-state index contributed by atoms with van der Waals surface area (Å²) < 4.78 is 4.82. The third-order valence-corrected chi connectivity index (χ3v) is 1.69. The molecule has 0 saturated carbocycles. The summed E-state index contributed by atoms with van der Waals surface area (Å²) in [6, 6.07) is 0. The zero-order chi connectivity index (χ0) is 10.8. The Labute approximate surface area is 80.3 Å². The zero-order valence-corrected chi connectivity index (χ0v) is 7.51. The van der Waals surface area contributed by atoms with Gasteiger partial charge in [-0.05, 0) is 31.2 Å². The van der Waals surface area contributed by atoms with E-state index in [0.29, 0.717) is 0 Å². The smallest absolute Gasteiger partial charge is 0.332 e. The molecule has 0 aromatic rings. The van der Waals surface area contributed by atoms with Crippen LogP contribution in [-0.2, 0) is 14.3 Å². The first-order chi connectivity index (χ1) is 6.43. The zero-order valence-electron chi connectivity index (χ0n) is 7.51. The Morgan fingerprint density at radius 1 is 1.50 bits per heavy atom. The van der Waals surface area contributed by atoms with E-state index in [1.807, 2.05) is 0 Å². The topological polar surface area (TPSA) is 83.8 Å². The van der Waals surface area contributed by atoms with Crippen molar-refractivity contribution in [2.75, 3.05) is 0 Å². The molecule has 0 bridgehead atoms. The van der Waals surface area contributed by atoms with Gasteiger partial charge >= 0.3 is 5.97 Å². The molecule has 0 aliphatic heterocycles. The maximum atomic E-state index is 10.7. The van der Waals surface area contributed by atoms with Crippen molar-refractivity contribution < 1.29 is 24.5 Å². The van der Waals surface area contributed by atoms with E-state index in [9.17, 15) is 14.7 Å². The quantitative estimate of drug-likeness (QED) is 0.616. The van der Waals surface area contributed by atoms with E-state index in [1.165, 1.54) is 6.92 Å². The Kier molecular flexibility index (Phi) is 2.83. The van der Waals surface area contributed by atoms with Crippen LogP contribution in [0.15, 0.2) is 24.3 Å². The van der Waals surface area contributed by atoms with E-state index in [2.05, 4.69) is 0 Å². The first-order valence-electron chi connectivity index (χ1n) is 3.98. The third kappa shape index (κ3) is 2.51. The molecule has 1 aliphatic rings.